The Kier molecular flexibility index (Phi) is 10.8. The first-order valence-corrected chi connectivity index (χ1v) is 19.5. The molecule has 0 spiro atoms. The van der Waals surface area contributed by atoms with E-state index in [2.05, 4.69) is 17.2 Å². The van der Waals surface area contributed by atoms with Crippen molar-refractivity contribution in [3.63, 3.8) is 0 Å². The van der Waals surface area contributed by atoms with Gasteiger partial charge in [-0.3, -0.25) is 33.8 Å². The summed E-state index contributed by atoms with van der Waals surface area (Å²) in [6.07, 6.45) is 7.90. The van der Waals surface area contributed by atoms with Gasteiger partial charge in [-0.2, -0.15) is 0 Å². The summed E-state index contributed by atoms with van der Waals surface area (Å²) in [4.78, 5) is 81.9. The van der Waals surface area contributed by atoms with Gasteiger partial charge in [0.2, 0.25) is 11.7 Å². The van der Waals surface area contributed by atoms with Gasteiger partial charge in [-0.1, -0.05) is 49.8 Å². The van der Waals surface area contributed by atoms with Crippen molar-refractivity contribution in [2.75, 3.05) is 18.5 Å². The third-order valence-electron chi connectivity index (χ3n) is 13.4. The minimum Gasteiger partial charge on any atom is -0.461 e. The smallest absolute Gasteiger partial charge is 0.306 e. The lowest BCUT2D eigenvalue weighted by Gasteiger charge is -2.57. The first-order chi connectivity index (χ1) is 26.8. The Morgan fingerprint density at radius 3 is 2.45 bits per heavy atom. The van der Waals surface area contributed by atoms with E-state index >= 15 is 0 Å². The maximum atomic E-state index is 13.9. The second-order valence-corrected chi connectivity index (χ2v) is 16.5. The number of ether oxygens (including phenoxy) is 2. The van der Waals surface area contributed by atoms with Crippen LogP contribution in [0.1, 0.15) is 88.7 Å². The number of hydrogen-bond donors (Lipinski definition) is 3. The van der Waals surface area contributed by atoms with Crippen LogP contribution in [-0.2, 0) is 44.8 Å². The van der Waals surface area contributed by atoms with Crippen LogP contribution in [0, 0.1) is 28.6 Å². The lowest BCUT2D eigenvalue weighted by atomic mass is 9.46. The molecular weight excluding hydrogens is 714 g/mol. The van der Waals surface area contributed by atoms with E-state index in [9.17, 15) is 33.9 Å². The monoisotopic (exact) mass is 763 g/mol. The summed E-state index contributed by atoms with van der Waals surface area (Å²) in [5.74, 6) is -3.08. The second-order valence-electron chi connectivity index (χ2n) is 16.5. The fourth-order valence-corrected chi connectivity index (χ4v) is 10.3. The van der Waals surface area contributed by atoms with E-state index in [1.807, 2.05) is 31.2 Å². The van der Waals surface area contributed by atoms with Gasteiger partial charge in [0, 0.05) is 54.2 Å². The Labute approximate surface area is 325 Å². The third-order valence-corrected chi connectivity index (χ3v) is 13.4. The number of esters is 2. The summed E-state index contributed by atoms with van der Waals surface area (Å²) in [6, 6.07) is 14.4. The molecule has 12 heteroatoms. The van der Waals surface area contributed by atoms with E-state index in [1.165, 1.54) is 0 Å². The molecule has 4 aliphatic rings. The zero-order chi connectivity index (χ0) is 39.8. The number of nitrogens with one attached hydrogen (secondary N) is 1. The van der Waals surface area contributed by atoms with Gasteiger partial charge < -0.3 is 25.6 Å². The van der Waals surface area contributed by atoms with Crippen molar-refractivity contribution in [3.8, 4) is 0 Å². The van der Waals surface area contributed by atoms with Crippen LogP contribution in [0.25, 0.3) is 10.8 Å². The molecule has 1 heterocycles. The van der Waals surface area contributed by atoms with Crippen molar-refractivity contribution in [1.29, 1.82) is 0 Å². The molecule has 56 heavy (non-hydrogen) atoms. The lowest BCUT2D eigenvalue weighted by Crippen LogP contribution is -2.61. The first-order valence-electron chi connectivity index (χ1n) is 19.5. The largest absolute Gasteiger partial charge is 0.461 e. The summed E-state index contributed by atoms with van der Waals surface area (Å²) in [5, 5.41) is 16.7. The van der Waals surface area contributed by atoms with E-state index in [4.69, 9.17) is 15.2 Å². The van der Waals surface area contributed by atoms with Gasteiger partial charge >= 0.3 is 11.9 Å². The van der Waals surface area contributed by atoms with Crippen LogP contribution in [0.2, 0.25) is 0 Å². The van der Waals surface area contributed by atoms with Crippen LogP contribution >= 0.6 is 0 Å². The number of anilines is 1. The van der Waals surface area contributed by atoms with Crippen molar-refractivity contribution in [1.82, 2.24) is 4.98 Å². The van der Waals surface area contributed by atoms with Crippen molar-refractivity contribution in [2.24, 2.45) is 34.3 Å². The highest BCUT2D eigenvalue weighted by Gasteiger charge is 2.68. The number of pyridine rings is 1. The summed E-state index contributed by atoms with van der Waals surface area (Å²) in [6.45, 7) is 3.29. The van der Waals surface area contributed by atoms with E-state index in [1.54, 1.807) is 42.7 Å². The van der Waals surface area contributed by atoms with Crippen molar-refractivity contribution < 1.29 is 43.3 Å². The number of nitrogens with zero attached hydrogens (tertiary/aromatic N) is 1. The zero-order valence-corrected chi connectivity index (χ0v) is 31.9. The van der Waals surface area contributed by atoms with Crippen LogP contribution < -0.4 is 11.1 Å². The summed E-state index contributed by atoms with van der Waals surface area (Å²) < 4.78 is 10.6. The molecular formula is C44H49N3O9. The number of hydrogen-bond acceptors (Lipinski definition) is 11. The molecule has 3 fully saturated rings. The summed E-state index contributed by atoms with van der Waals surface area (Å²) >= 11 is 0. The number of aliphatic hydroxyl groups is 1. The first kappa shape index (κ1) is 39.2. The fraction of sp³-hybridized carbons (Fsp3) is 0.477. The van der Waals surface area contributed by atoms with Crippen molar-refractivity contribution in [3.05, 3.63) is 83.7 Å². The molecule has 0 aliphatic heterocycles. The van der Waals surface area contributed by atoms with E-state index in [0.29, 0.717) is 36.1 Å². The normalized spacial score (nSPS) is 28.6. The molecule has 0 unspecified atom stereocenters. The Hall–Kier alpha value is -5.07. The van der Waals surface area contributed by atoms with Gasteiger partial charge in [0.15, 0.2) is 12.4 Å². The van der Waals surface area contributed by atoms with E-state index < -0.39 is 41.3 Å². The highest BCUT2D eigenvalue weighted by Crippen LogP contribution is 2.66. The highest BCUT2D eigenvalue weighted by atomic mass is 16.5. The van der Waals surface area contributed by atoms with Crippen LogP contribution in [-0.4, -0.2) is 64.0 Å². The third kappa shape index (κ3) is 7.20. The van der Waals surface area contributed by atoms with E-state index in [-0.39, 0.29) is 79.5 Å². The predicted octanol–water partition coefficient (Wildman–Crippen LogP) is 5.29. The summed E-state index contributed by atoms with van der Waals surface area (Å²) in [7, 11) is 0. The SMILES string of the molecule is C[C@]12CCC(=O)C=C1CC[C@@H]1[C@@H]2C(=O)C[C@@]2(C)[C@H]1CC[C@]2(O)C(=O)COC(=O)CCC(=O)OCc1ccc([C@@H](CN)C(=O)Nc2ccc3cnccc3c2)cc1. The average molecular weight is 764 g/mol. The number of aromatic nitrogens is 1. The highest BCUT2D eigenvalue weighted by molar-refractivity contribution is 5.98. The molecule has 7 atom stereocenters. The summed E-state index contributed by atoms with van der Waals surface area (Å²) in [5.41, 5.74) is 5.85. The molecule has 7 rings (SSSR count). The van der Waals surface area contributed by atoms with Crippen LogP contribution in [0.4, 0.5) is 5.69 Å². The van der Waals surface area contributed by atoms with Crippen LogP contribution in [0.15, 0.2) is 72.6 Å². The van der Waals surface area contributed by atoms with Crippen LogP contribution in [0.3, 0.4) is 0 Å². The van der Waals surface area contributed by atoms with Gasteiger partial charge in [-0.05, 0) is 90.1 Å². The number of amides is 1. The minimum atomic E-state index is -1.82. The van der Waals surface area contributed by atoms with Crippen molar-refractivity contribution in [2.45, 2.75) is 89.8 Å². The number of ketones is 3. The maximum absolute atomic E-state index is 13.9. The zero-order valence-electron chi connectivity index (χ0n) is 31.9. The van der Waals surface area contributed by atoms with Gasteiger partial charge in [0.1, 0.15) is 18.0 Å². The Bertz CT molecular complexity index is 2110. The molecule has 1 aromatic heterocycles. The average Bonchev–Trinajstić information content (AvgIpc) is 3.46. The molecule has 3 saturated carbocycles. The number of carbonyl (C=O) groups excluding carboxylic acids is 6. The Morgan fingerprint density at radius 2 is 1.70 bits per heavy atom. The van der Waals surface area contributed by atoms with Gasteiger partial charge in [0.25, 0.3) is 0 Å². The number of rotatable bonds is 12. The molecule has 3 aromatic rings. The number of fused-ring (bicyclic) bond motifs is 6. The molecule has 4 N–H and O–H groups in total. The van der Waals surface area contributed by atoms with E-state index in [0.717, 1.165) is 29.2 Å². The predicted molar refractivity (Wildman–Crippen MR) is 206 cm³/mol. The van der Waals surface area contributed by atoms with Crippen LogP contribution in [0.5, 0.6) is 0 Å². The molecule has 294 valence electrons. The van der Waals surface area contributed by atoms with Gasteiger partial charge in [-0.15, -0.1) is 0 Å². The molecule has 12 nitrogen and oxygen atoms in total. The van der Waals surface area contributed by atoms with Gasteiger partial charge in [-0.25, -0.2) is 0 Å². The molecule has 1 amide bonds. The number of benzene rings is 2. The molecule has 0 saturated heterocycles. The molecule has 0 bridgehead atoms. The molecule has 4 aliphatic carbocycles. The fourth-order valence-electron chi connectivity index (χ4n) is 10.3. The second kappa shape index (κ2) is 15.5. The van der Waals surface area contributed by atoms with Gasteiger partial charge in [0.05, 0.1) is 18.8 Å². The number of Topliss-reactive ketones (excluding diaryl/α,β-unsaturated/α-hetero) is 2. The minimum absolute atomic E-state index is 0.000647. The Balaban J connectivity index is 0.865. The molecule has 2 aromatic carbocycles. The number of carbonyl (C=O) groups is 6. The maximum Gasteiger partial charge on any atom is 0.306 e. The molecule has 0 radical (unpaired) electrons. The Morgan fingerprint density at radius 1 is 0.946 bits per heavy atom. The topological polar surface area (TPSA) is 192 Å². The number of allylic oxidation sites excluding steroid dienone is 1. The quantitative estimate of drug-likeness (QED) is 0.203. The number of nitrogens with two attached hydrogens (primary N) is 1. The lowest BCUT2D eigenvalue weighted by molar-refractivity contribution is -0.174. The van der Waals surface area contributed by atoms with Crippen molar-refractivity contribution >= 4 is 51.7 Å². The standard InChI is InChI=1S/C44H49N3O9/c1-42-16-13-32(48)20-30(42)8-10-33-35-14-17-44(54,43(35,2)21-36(49)40(33)42)37(50)25-56-39(52)12-11-38(51)55-24-26-3-5-27(6-4-26)34(22-45)41(53)47-31-9-7-29-23-46-18-15-28(29)19-31/h3-7,9,15,18-20,23,33-35,40,54H,8,10-14,16-17,21-22,24-25,45H2,1-2H3,(H,47,53)/t33-,34+,35-,40+,42-,43-,44-/m0/s1.